The van der Waals surface area contributed by atoms with Crippen LogP contribution in [0.25, 0.3) is 11.1 Å². The Morgan fingerprint density at radius 2 is 1.85 bits per heavy atom. The molecular formula is C20H23NO5S. The molecule has 27 heavy (non-hydrogen) atoms. The van der Waals surface area contributed by atoms with Crippen LogP contribution in [0.15, 0.2) is 42.5 Å². The van der Waals surface area contributed by atoms with Crippen LogP contribution in [0.5, 0.6) is 11.5 Å². The second-order valence-corrected chi connectivity index (χ2v) is 8.89. The Kier molecular flexibility index (Phi) is 5.70. The van der Waals surface area contributed by atoms with Crippen LogP contribution in [0, 0.1) is 5.92 Å². The van der Waals surface area contributed by atoms with Crippen LogP contribution in [0.1, 0.15) is 12.8 Å². The van der Waals surface area contributed by atoms with Gasteiger partial charge in [-0.1, -0.05) is 12.1 Å². The van der Waals surface area contributed by atoms with Crippen LogP contribution in [0.3, 0.4) is 0 Å². The average Bonchev–Trinajstić information content (AvgIpc) is 3.00. The first-order chi connectivity index (χ1) is 12.9. The van der Waals surface area contributed by atoms with Crippen molar-refractivity contribution < 1.29 is 22.7 Å². The molecule has 0 aromatic heterocycles. The smallest absolute Gasteiger partial charge is 0.224 e. The van der Waals surface area contributed by atoms with Gasteiger partial charge in [-0.05, 0) is 48.2 Å². The number of ether oxygens (including phenoxy) is 2. The molecule has 1 N–H and O–H groups in total. The molecule has 144 valence electrons. The highest BCUT2D eigenvalue weighted by molar-refractivity contribution is 7.91. The number of amides is 1. The number of nitrogens with one attached hydrogen (secondary N) is 1. The van der Waals surface area contributed by atoms with E-state index in [0.29, 0.717) is 17.9 Å². The summed E-state index contributed by atoms with van der Waals surface area (Å²) in [4.78, 5) is 12.3. The molecule has 0 radical (unpaired) electrons. The van der Waals surface area contributed by atoms with Crippen LogP contribution in [0.4, 0.5) is 5.69 Å². The van der Waals surface area contributed by atoms with E-state index < -0.39 is 9.84 Å². The number of hydrogen-bond acceptors (Lipinski definition) is 5. The van der Waals surface area contributed by atoms with Crippen LogP contribution in [0.2, 0.25) is 0 Å². The maximum absolute atomic E-state index is 12.3. The predicted octanol–water partition coefficient (Wildman–Crippen LogP) is 3.13. The van der Waals surface area contributed by atoms with Gasteiger partial charge in [0, 0.05) is 17.7 Å². The third-order valence-electron chi connectivity index (χ3n) is 4.69. The Labute approximate surface area is 159 Å². The number of rotatable bonds is 6. The Morgan fingerprint density at radius 1 is 1.11 bits per heavy atom. The normalized spacial score (nSPS) is 18.1. The standard InChI is InChI=1S/C20H23NO5S/c1-25-17-6-3-15(4-7-17)18-12-16(5-8-19(18)26-2)21-20(22)11-14-9-10-27(23,24)13-14/h3-8,12,14H,9-11,13H2,1-2H3,(H,21,22)/t14-/m0/s1. The van der Waals surface area contributed by atoms with Crippen molar-refractivity contribution in [3.05, 3.63) is 42.5 Å². The van der Waals surface area contributed by atoms with Gasteiger partial charge in [0.05, 0.1) is 25.7 Å². The van der Waals surface area contributed by atoms with Crippen LogP contribution in [-0.4, -0.2) is 40.1 Å². The van der Waals surface area contributed by atoms with Gasteiger partial charge in [0.25, 0.3) is 0 Å². The van der Waals surface area contributed by atoms with Crippen molar-refractivity contribution in [2.24, 2.45) is 5.92 Å². The summed E-state index contributed by atoms with van der Waals surface area (Å²) < 4.78 is 33.7. The van der Waals surface area contributed by atoms with Gasteiger partial charge in [0.15, 0.2) is 9.84 Å². The van der Waals surface area contributed by atoms with Gasteiger partial charge in [-0.25, -0.2) is 8.42 Å². The number of anilines is 1. The fourth-order valence-corrected chi connectivity index (χ4v) is 5.15. The van der Waals surface area contributed by atoms with Crippen molar-refractivity contribution in [2.75, 3.05) is 31.0 Å². The van der Waals surface area contributed by atoms with E-state index in [9.17, 15) is 13.2 Å². The molecule has 2 aromatic rings. The minimum atomic E-state index is -2.98. The third kappa shape index (κ3) is 4.80. The molecule has 0 aliphatic carbocycles. The molecule has 6 nitrogen and oxygen atoms in total. The second-order valence-electron chi connectivity index (χ2n) is 6.66. The first kappa shape index (κ1) is 19.2. The first-order valence-electron chi connectivity index (χ1n) is 8.73. The molecule has 1 saturated heterocycles. The van der Waals surface area contributed by atoms with E-state index in [1.807, 2.05) is 30.3 Å². The lowest BCUT2D eigenvalue weighted by atomic mass is 10.0. The number of carbonyl (C=O) groups is 1. The molecule has 0 spiro atoms. The van der Waals surface area contributed by atoms with Crippen molar-refractivity contribution in [3.8, 4) is 22.6 Å². The second kappa shape index (κ2) is 8.00. The molecule has 0 saturated carbocycles. The molecule has 1 heterocycles. The summed E-state index contributed by atoms with van der Waals surface area (Å²) >= 11 is 0. The predicted molar refractivity (Wildman–Crippen MR) is 105 cm³/mol. The zero-order valence-electron chi connectivity index (χ0n) is 15.4. The van der Waals surface area contributed by atoms with E-state index in [4.69, 9.17) is 9.47 Å². The van der Waals surface area contributed by atoms with Crippen molar-refractivity contribution in [2.45, 2.75) is 12.8 Å². The quantitative estimate of drug-likeness (QED) is 0.821. The lowest BCUT2D eigenvalue weighted by Gasteiger charge is -2.13. The lowest BCUT2D eigenvalue weighted by molar-refractivity contribution is -0.116. The Hall–Kier alpha value is -2.54. The number of methoxy groups -OCH3 is 2. The molecule has 1 aliphatic heterocycles. The van der Waals surface area contributed by atoms with Crippen molar-refractivity contribution in [3.63, 3.8) is 0 Å². The number of carbonyl (C=O) groups excluding carboxylic acids is 1. The Morgan fingerprint density at radius 3 is 2.44 bits per heavy atom. The molecule has 2 aromatic carbocycles. The Balaban J connectivity index is 1.75. The van der Waals surface area contributed by atoms with Crippen molar-refractivity contribution >= 4 is 21.4 Å². The minimum absolute atomic E-state index is 0.0974. The van der Waals surface area contributed by atoms with E-state index in [1.165, 1.54) is 0 Å². The van der Waals surface area contributed by atoms with Gasteiger partial charge in [-0.15, -0.1) is 0 Å². The maximum atomic E-state index is 12.3. The number of benzene rings is 2. The summed E-state index contributed by atoms with van der Waals surface area (Å²) in [6, 6.07) is 13.0. The molecule has 1 atom stereocenters. The number of hydrogen-bond donors (Lipinski definition) is 1. The molecule has 0 unspecified atom stereocenters. The maximum Gasteiger partial charge on any atom is 0.224 e. The zero-order chi connectivity index (χ0) is 19.4. The van der Waals surface area contributed by atoms with E-state index in [2.05, 4.69) is 5.32 Å². The van der Waals surface area contributed by atoms with Crippen molar-refractivity contribution in [1.29, 1.82) is 0 Å². The summed E-state index contributed by atoms with van der Waals surface area (Å²) in [5.74, 6) is 1.45. The monoisotopic (exact) mass is 389 g/mol. The van der Waals surface area contributed by atoms with E-state index in [1.54, 1.807) is 26.4 Å². The zero-order valence-corrected chi connectivity index (χ0v) is 16.2. The molecule has 3 rings (SSSR count). The lowest BCUT2D eigenvalue weighted by Crippen LogP contribution is -2.17. The van der Waals surface area contributed by atoms with Gasteiger partial charge in [0.1, 0.15) is 11.5 Å². The van der Waals surface area contributed by atoms with Crippen LogP contribution < -0.4 is 14.8 Å². The topological polar surface area (TPSA) is 81.7 Å². The molecule has 7 heteroatoms. The summed E-state index contributed by atoms with van der Waals surface area (Å²) in [7, 11) is 0.233. The highest BCUT2D eigenvalue weighted by Gasteiger charge is 2.29. The molecule has 0 bridgehead atoms. The van der Waals surface area contributed by atoms with Gasteiger partial charge >= 0.3 is 0 Å². The van der Waals surface area contributed by atoms with Crippen LogP contribution in [-0.2, 0) is 14.6 Å². The van der Waals surface area contributed by atoms with Gasteiger partial charge in [-0.2, -0.15) is 0 Å². The minimum Gasteiger partial charge on any atom is -0.497 e. The summed E-state index contributed by atoms with van der Waals surface area (Å²) in [5.41, 5.74) is 2.43. The largest absolute Gasteiger partial charge is 0.497 e. The fourth-order valence-electron chi connectivity index (χ4n) is 3.29. The number of sulfone groups is 1. The molecular weight excluding hydrogens is 366 g/mol. The van der Waals surface area contributed by atoms with Gasteiger partial charge < -0.3 is 14.8 Å². The van der Waals surface area contributed by atoms with E-state index >= 15 is 0 Å². The van der Waals surface area contributed by atoms with Crippen LogP contribution >= 0.6 is 0 Å². The molecule has 1 aliphatic rings. The third-order valence-corrected chi connectivity index (χ3v) is 6.52. The highest BCUT2D eigenvalue weighted by atomic mass is 32.2. The SMILES string of the molecule is COc1ccc(-c2cc(NC(=O)C[C@@H]3CCS(=O)(=O)C3)ccc2OC)cc1. The fraction of sp³-hybridized carbons (Fsp3) is 0.350. The summed E-state index contributed by atoms with van der Waals surface area (Å²) in [6.45, 7) is 0. The Bertz CT molecular complexity index is 922. The van der Waals surface area contributed by atoms with Crippen molar-refractivity contribution in [1.82, 2.24) is 0 Å². The molecule has 1 fully saturated rings. The summed E-state index contributed by atoms with van der Waals surface area (Å²) in [5, 5.41) is 2.87. The van der Waals surface area contributed by atoms with E-state index in [-0.39, 0.29) is 29.8 Å². The van der Waals surface area contributed by atoms with Gasteiger partial charge in [0.2, 0.25) is 5.91 Å². The van der Waals surface area contributed by atoms with Gasteiger partial charge in [-0.3, -0.25) is 4.79 Å². The molecule has 1 amide bonds. The first-order valence-corrected chi connectivity index (χ1v) is 10.5. The highest BCUT2D eigenvalue weighted by Crippen LogP contribution is 2.33. The average molecular weight is 389 g/mol. The van der Waals surface area contributed by atoms with E-state index in [0.717, 1.165) is 16.9 Å². The summed E-state index contributed by atoms with van der Waals surface area (Å²) in [6.07, 6.45) is 0.762.